The van der Waals surface area contributed by atoms with Crippen LogP contribution in [-0.2, 0) is 0 Å². The lowest BCUT2D eigenvalue weighted by Gasteiger charge is -2.18. The van der Waals surface area contributed by atoms with E-state index in [1.165, 1.54) is 68.5 Å². The summed E-state index contributed by atoms with van der Waals surface area (Å²) in [4.78, 5) is 0. The van der Waals surface area contributed by atoms with E-state index in [1.54, 1.807) is 0 Å². The van der Waals surface area contributed by atoms with Crippen LogP contribution in [-0.4, -0.2) is 0 Å². The van der Waals surface area contributed by atoms with Gasteiger partial charge in [0.15, 0.2) is 0 Å². The van der Waals surface area contributed by atoms with Crippen molar-refractivity contribution in [1.29, 1.82) is 0 Å². The molecule has 0 unspecified atom stereocenters. The van der Waals surface area contributed by atoms with Crippen LogP contribution in [0.2, 0.25) is 0 Å². The molecule has 0 aliphatic carbocycles. The van der Waals surface area contributed by atoms with E-state index in [0.29, 0.717) is 0 Å². The van der Waals surface area contributed by atoms with Crippen molar-refractivity contribution in [2.45, 2.75) is 0 Å². The van der Waals surface area contributed by atoms with Crippen molar-refractivity contribution >= 4 is 118 Å². The maximum atomic E-state index is 6.57. The molecule has 0 bridgehead atoms. The molecule has 0 fully saturated rings. The van der Waals surface area contributed by atoms with Gasteiger partial charge in [-0.3, -0.25) is 0 Å². The Kier molecular flexibility index (Phi) is 5.29. The molecule has 4 heteroatoms. The van der Waals surface area contributed by atoms with Gasteiger partial charge >= 0.3 is 0 Å². The van der Waals surface area contributed by atoms with Gasteiger partial charge in [0.05, 0.1) is 0 Å². The molecule has 50 heavy (non-hydrogen) atoms. The summed E-state index contributed by atoms with van der Waals surface area (Å²) in [5.74, 6) is 0. The van der Waals surface area contributed by atoms with Crippen LogP contribution in [0.3, 0.4) is 0 Å². The highest BCUT2D eigenvalue weighted by molar-refractivity contribution is 7.26. The third-order valence-corrected chi connectivity index (χ3v) is 12.6. The maximum absolute atomic E-state index is 6.57. The fourth-order valence-electron chi connectivity index (χ4n) is 8.47. The molecule has 0 aliphatic rings. The van der Waals surface area contributed by atoms with E-state index in [-0.39, 0.29) is 0 Å². The third-order valence-electron chi connectivity index (χ3n) is 10.5. The Bertz CT molecular complexity index is 3240. The van der Waals surface area contributed by atoms with Crippen molar-refractivity contribution in [3.8, 4) is 22.3 Å². The average molecular weight is 673 g/mol. The van der Waals surface area contributed by atoms with Gasteiger partial charge in [0.2, 0.25) is 0 Å². The van der Waals surface area contributed by atoms with Crippen LogP contribution in [0.1, 0.15) is 0 Å². The molecule has 0 saturated carbocycles. The second-order valence-corrected chi connectivity index (χ2v) is 15.1. The number of furan rings is 2. The van der Waals surface area contributed by atoms with Crippen LogP contribution < -0.4 is 0 Å². The Balaban J connectivity index is 1.28. The van der Waals surface area contributed by atoms with Crippen LogP contribution in [0.15, 0.2) is 154 Å². The lowest BCUT2D eigenvalue weighted by molar-refractivity contribution is 0.656. The van der Waals surface area contributed by atoms with Crippen molar-refractivity contribution in [3.05, 3.63) is 145 Å². The van der Waals surface area contributed by atoms with Gasteiger partial charge in [-0.1, -0.05) is 103 Å². The number of hydrogen-bond acceptors (Lipinski definition) is 4. The molecule has 0 radical (unpaired) electrons. The molecule has 4 heterocycles. The van der Waals surface area contributed by atoms with Gasteiger partial charge in [-0.2, -0.15) is 0 Å². The zero-order chi connectivity index (χ0) is 32.5. The number of fused-ring (bicyclic) bond motifs is 12. The van der Waals surface area contributed by atoms with Gasteiger partial charge in [0.25, 0.3) is 0 Å². The molecule has 0 spiro atoms. The highest BCUT2D eigenvalue weighted by Crippen LogP contribution is 2.52. The van der Waals surface area contributed by atoms with Crippen LogP contribution in [0.4, 0.5) is 0 Å². The molecule has 0 atom stereocenters. The molecular weight excluding hydrogens is 649 g/mol. The van der Waals surface area contributed by atoms with Gasteiger partial charge in [0, 0.05) is 69.0 Å². The maximum Gasteiger partial charge on any atom is 0.139 e. The van der Waals surface area contributed by atoms with Crippen LogP contribution in [0.5, 0.6) is 0 Å². The van der Waals surface area contributed by atoms with E-state index in [9.17, 15) is 0 Å². The topological polar surface area (TPSA) is 26.3 Å². The lowest BCUT2D eigenvalue weighted by atomic mass is 9.83. The number of para-hydroxylation sites is 2. The molecule has 232 valence electrons. The third kappa shape index (κ3) is 3.51. The van der Waals surface area contributed by atoms with Crippen molar-refractivity contribution in [2.75, 3.05) is 0 Å². The fraction of sp³-hybridized carbons (Fsp3) is 0. The van der Waals surface area contributed by atoms with Crippen molar-refractivity contribution < 1.29 is 8.83 Å². The number of hydrogen-bond donors (Lipinski definition) is 0. The van der Waals surface area contributed by atoms with Crippen LogP contribution in [0.25, 0.3) is 118 Å². The Labute approximate surface area is 293 Å². The molecular formula is C46H24O2S2. The molecule has 0 aliphatic heterocycles. The van der Waals surface area contributed by atoms with Crippen LogP contribution >= 0.6 is 22.7 Å². The zero-order valence-electron chi connectivity index (χ0n) is 26.5. The summed E-state index contributed by atoms with van der Waals surface area (Å²) < 4.78 is 17.1. The van der Waals surface area contributed by atoms with Gasteiger partial charge < -0.3 is 8.83 Å². The van der Waals surface area contributed by atoms with E-state index in [4.69, 9.17) is 8.83 Å². The Morgan fingerprint density at radius 3 is 1.48 bits per heavy atom. The largest absolute Gasteiger partial charge is 0.456 e. The number of rotatable bonds is 2. The number of thiophene rings is 2. The van der Waals surface area contributed by atoms with Crippen molar-refractivity contribution in [2.24, 2.45) is 0 Å². The summed E-state index contributed by atoms with van der Waals surface area (Å²) in [6, 6.07) is 50.4. The average Bonchev–Trinajstić information content (AvgIpc) is 3.93. The first-order chi connectivity index (χ1) is 24.8. The smallest absolute Gasteiger partial charge is 0.139 e. The highest BCUT2D eigenvalue weighted by atomic mass is 32.1. The predicted molar refractivity (Wildman–Crippen MR) is 215 cm³/mol. The van der Waals surface area contributed by atoms with E-state index < -0.39 is 0 Å². The van der Waals surface area contributed by atoms with Crippen LogP contribution in [0, 0.1) is 0 Å². The minimum absolute atomic E-state index is 0.834. The van der Waals surface area contributed by atoms with E-state index in [1.807, 2.05) is 34.8 Å². The lowest BCUT2D eigenvalue weighted by Crippen LogP contribution is -1.91. The standard InChI is InChI=1S/C46H24O2S2/c1-3-14-28-26(12-1)42(34-24-49-40-23-41-32(21-33(34)40)25-11-7-10-20-39(25)50-41)27-13-2-4-15-29(27)43(28)46-44-30-16-5-8-18-35(30)47-37(44)22-38-45(46)31-17-6-9-19-36(31)48-38/h1-24H. The quantitative estimate of drug-likeness (QED) is 0.171. The second-order valence-electron chi connectivity index (χ2n) is 13.1. The highest BCUT2D eigenvalue weighted by Gasteiger charge is 2.26. The first-order valence-corrected chi connectivity index (χ1v) is 18.5. The van der Waals surface area contributed by atoms with Gasteiger partial charge in [-0.25, -0.2) is 0 Å². The van der Waals surface area contributed by atoms with E-state index in [0.717, 1.165) is 49.4 Å². The van der Waals surface area contributed by atoms with Gasteiger partial charge in [0.1, 0.15) is 22.3 Å². The van der Waals surface area contributed by atoms with Gasteiger partial charge in [-0.15, -0.1) is 22.7 Å². The van der Waals surface area contributed by atoms with Crippen molar-refractivity contribution in [3.63, 3.8) is 0 Å². The summed E-state index contributed by atoms with van der Waals surface area (Å²) in [6.07, 6.45) is 0. The Hall–Kier alpha value is -5.94. The minimum atomic E-state index is 0.834. The summed E-state index contributed by atoms with van der Waals surface area (Å²) >= 11 is 3.72. The molecule has 2 nitrogen and oxygen atoms in total. The SMILES string of the molecule is c1ccc2c(c1)oc1cc3oc4ccccc4c3c(-c3c4ccccc4c(-c4csc5cc6sc7ccccc7c6cc45)c4ccccc34)c12. The van der Waals surface area contributed by atoms with Gasteiger partial charge in [-0.05, 0) is 68.4 Å². The molecule has 0 amide bonds. The van der Waals surface area contributed by atoms with E-state index >= 15 is 0 Å². The fourth-order valence-corrected chi connectivity index (χ4v) is 10.6. The molecule has 0 saturated heterocycles. The Morgan fingerprint density at radius 2 is 0.860 bits per heavy atom. The predicted octanol–water partition coefficient (Wildman–Crippen LogP) is 14.7. The second kappa shape index (κ2) is 9.82. The van der Waals surface area contributed by atoms with Crippen molar-refractivity contribution in [1.82, 2.24) is 0 Å². The summed E-state index contributed by atoms with van der Waals surface area (Å²) in [5, 5.41) is 15.7. The van der Waals surface area contributed by atoms with E-state index in [2.05, 4.69) is 133 Å². The molecule has 12 aromatic rings. The normalized spacial score (nSPS) is 12.4. The molecule has 8 aromatic carbocycles. The molecule has 0 N–H and O–H groups in total. The zero-order valence-corrected chi connectivity index (χ0v) is 28.1. The summed E-state index contributed by atoms with van der Waals surface area (Å²) in [7, 11) is 0. The monoisotopic (exact) mass is 672 g/mol. The molecule has 4 aromatic heterocycles. The summed E-state index contributed by atoms with van der Waals surface area (Å²) in [5.41, 5.74) is 8.36. The molecule has 12 rings (SSSR count). The Morgan fingerprint density at radius 1 is 0.340 bits per heavy atom. The first kappa shape index (κ1) is 26.9. The first-order valence-electron chi connectivity index (χ1n) is 16.8. The summed E-state index contributed by atoms with van der Waals surface area (Å²) in [6.45, 7) is 0. The minimum Gasteiger partial charge on any atom is -0.456 e. The number of benzene rings is 8.